The second-order valence-corrected chi connectivity index (χ2v) is 7.43. The second-order valence-electron chi connectivity index (χ2n) is 7.02. The van der Waals surface area contributed by atoms with E-state index < -0.39 is 0 Å². The summed E-state index contributed by atoms with van der Waals surface area (Å²) in [5.41, 5.74) is 2.41. The summed E-state index contributed by atoms with van der Waals surface area (Å²) in [5, 5.41) is 5.02. The molecule has 1 aromatic carbocycles. The zero-order chi connectivity index (χ0) is 16.8. The molecule has 0 bridgehead atoms. The van der Waals surface area contributed by atoms with E-state index in [1.54, 1.807) is 6.20 Å². The zero-order valence-electron chi connectivity index (χ0n) is 14.3. The fourth-order valence-corrected chi connectivity index (χ4v) is 2.76. The number of rotatable bonds is 3. The van der Waals surface area contributed by atoms with Crippen molar-refractivity contribution in [1.29, 1.82) is 0 Å². The van der Waals surface area contributed by atoms with E-state index >= 15 is 0 Å². The van der Waals surface area contributed by atoms with Gasteiger partial charge in [-0.3, -0.25) is 4.68 Å². The van der Waals surface area contributed by atoms with E-state index in [0.29, 0.717) is 11.6 Å². The van der Waals surface area contributed by atoms with Crippen LogP contribution in [-0.2, 0) is 15.9 Å². The minimum Gasteiger partial charge on any atom is -0.399 e. The van der Waals surface area contributed by atoms with E-state index in [1.165, 1.54) is 0 Å². The lowest BCUT2D eigenvalue weighted by Crippen LogP contribution is -2.41. The Hall–Kier alpha value is -1.30. The van der Waals surface area contributed by atoms with E-state index in [-0.39, 0.29) is 18.3 Å². The van der Waals surface area contributed by atoms with Gasteiger partial charge in [0.1, 0.15) is 0 Å². The highest BCUT2D eigenvalue weighted by molar-refractivity contribution is 6.62. The van der Waals surface area contributed by atoms with E-state index in [9.17, 15) is 0 Å². The molecule has 0 radical (unpaired) electrons. The topological polar surface area (TPSA) is 36.3 Å². The smallest absolute Gasteiger partial charge is 0.399 e. The molecule has 0 saturated carbocycles. The van der Waals surface area contributed by atoms with Crippen LogP contribution in [0.4, 0.5) is 0 Å². The molecule has 0 atom stereocenters. The average Bonchev–Trinajstić information content (AvgIpc) is 2.89. The monoisotopic (exact) mass is 332 g/mol. The summed E-state index contributed by atoms with van der Waals surface area (Å²) in [6, 6.07) is 8.16. The normalized spacial score (nSPS) is 19.3. The summed E-state index contributed by atoms with van der Waals surface area (Å²) in [5.74, 6) is 0. The Morgan fingerprint density at radius 2 is 1.74 bits per heavy atom. The Bertz CT molecular complexity index is 711. The van der Waals surface area contributed by atoms with Gasteiger partial charge in [-0.2, -0.15) is 5.10 Å². The molecule has 2 aromatic rings. The highest BCUT2D eigenvalue weighted by Gasteiger charge is 2.52. The molecule has 0 N–H and O–H groups in total. The van der Waals surface area contributed by atoms with Crippen molar-refractivity contribution in [3.05, 3.63) is 46.7 Å². The maximum absolute atomic E-state index is 6.19. The number of benzene rings is 1. The van der Waals surface area contributed by atoms with Crippen LogP contribution in [0.15, 0.2) is 30.5 Å². The molecule has 0 amide bonds. The molecule has 0 aliphatic carbocycles. The maximum Gasteiger partial charge on any atom is 0.495 e. The van der Waals surface area contributed by atoms with Gasteiger partial charge >= 0.3 is 7.12 Å². The van der Waals surface area contributed by atoms with Crippen LogP contribution in [-0.4, -0.2) is 28.1 Å². The summed E-state index contributed by atoms with van der Waals surface area (Å²) >= 11 is 6.10. The molecule has 2 heterocycles. The number of hydrogen-bond acceptors (Lipinski definition) is 3. The van der Waals surface area contributed by atoms with E-state index in [2.05, 4.69) is 44.9 Å². The molecular formula is C17H22BClN2O2. The fraction of sp³-hybridized carbons (Fsp3) is 0.471. The van der Waals surface area contributed by atoms with Gasteiger partial charge in [0.2, 0.25) is 0 Å². The van der Waals surface area contributed by atoms with Crippen molar-refractivity contribution in [1.82, 2.24) is 9.78 Å². The van der Waals surface area contributed by atoms with E-state index in [1.807, 2.05) is 23.7 Å². The number of halogens is 1. The van der Waals surface area contributed by atoms with Gasteiger partial charge in [-0.1, -0.05) is 35.9 Å². The van der Waals surface area contributed by atoms with Crippen LogP contribution in [0.1, 0.15) is 39.0 Å². The highest BCUT2D eigenvalue weighted by Crippen LogP contribution is 2.36. The van der Waals surface area contributed by atoms with Gasteiger partial charge in [0, 0.05) is 0 Å². The van der Waals surface area contributed by atoms with Gasteiger partial charge in [0.15, 0.2) is 0 Å². The first kappa shape index (κ1) is 16.6. The molecule has 122 valence electrons. The largest absolute Gasteiger partial charge is 0.495 e. The van der Waals surface area contributed by atoms with Crippen molar-refractivity contribution in [2.75, 3.05) is 0 Å². The van der Waals surface area contributed by atoms with Crippen molar-refractivity contribution in [2.45, 2.75) is 52.4 Å². The third-order valence-electron chi connectivity index (χ3n) is 4.93. The van der Waals surface area contributed by atoms with E-state index in [0.717, 1.165) is 16.7 Å². The fourth-order valence-electron chi connectivity index (χ4n) is 2.62. The van der Waals surface area contributed by atoms with Crippen molar-refractivity contribution in [3.8, 4) is 0 Å². The summed E-state index contributed by atoms with van der Waals surface area (Å²) in [7, 11) is -0.373. The lowest BCUT2D eigenvalue weighted by atomic mass is 9.76. The van der Waals surface area contributed by atoms with Crippen LogP contribution in [0.5, 0.6) is 0 Å². The van der Waals surface area contributed by atoms with Gasteiger partial charge in [-0.25, -0.2) is 0 Å². The first-order valence-corrected chi connectivity index (χ1v) is 8.20. The Morgan fingerprint density at radius 3 is 2.30 bits per heavy atom. The lowest BCUT2D eigenvalue weighted by Gasteiger charge is -2.32. The van der Waals surface area contributed by atoms with Crippen LogP contribution >= 0.6 is 11.6 Å². The van der Waals surface area contributed by atoms with Gasteiger partial charge in [0.25, 0.3) is 0 Å². The zero-order valence-corrected chi connectivity index (χ0v) is 15.0. The minimum absolute atomic E-state index is 0.351. The maximum atomic E-state index is 6.19. The molecule has 6 heteroatoms. The molecule has 1 aliphatic heterocycles. The molecule has 1 fully saturated rings. The number of nitrogens with zero attached hydrogens (tertiary/aromatic N) is 2. The lowest BCUT2D eigenvalue weighted by molar-refractivity contribution is 0.00578. The summed E-state index contributed by atoms with van der Waals surface area (Å²) < 4.78 is 14.3. The molecule has 4 nitrogen and oxygen atoms in total. The van der Waals surface area contributed by atoms with Gasteiger partial charge in [0.05, 0.1) is 34.7 Å². The Labute approximate surface area is 142 Å². The van der Waals surface area contributed by atoms with Crippen molar-refractivity contribution < 1.29 is 9.31 Å². The molecule has 1 aliphatic rings. The Morgan fingerprint density at radius 1 is 1.13 bits per heavy atom. The van der Waals surface area contributed by atoms with Gasteiger partial charge in [-0.05, 0) is 45.6 Å². The van der Waals surface area contributed by atoms with Crippen molar-refractivity contribution in [2.24, 2.45) is 0 Å². The Balaban J connectivity index is 1.92. The third-order valence-corrected chi connectivity index (χ3v) is 5.30. The van der Waals surface area contributed by atoms with Gasteiger partial charge in [-0.15, -0.1) is 0 Å². The van der Waals surface area contributed by atoms with E-state index in [4.69, 9.17) is 20.9 Å². The van der Waals surface area contributed by atoms with Crippen molar-refractivity contribution in [3.63, 3.8) is 0 Å². The molecule has 1 saturated heterocycles. The standard InChI is InChI=1S/C17H22BClN2O2/c1-12-15(19)10-20-21(12)11-13-8-6-7-9-14(13)18-22-16(2,3)17(4,5)23-18/h6-10H,11H2,1-5H3. The van der Waals surface area contributed by atoms with Crippen LogP contribution < -0.4 is 5.46 Å². The molecule has 1 aromatic heterocycles. The molecule has 23 heavy (non-hydrogen) atoms. The second kappa shape index (κ2) is 5.65. The summed E-state index contributed by atoms with van der Waals surface area (Å²) in [4.78, 5) is 0. The SMILES string of the molecule is Cc1c(Cl)cnn1Cc1ccccc1B1OC(C)(C)C(C)(C)O1. The third kappa shape index (κ3) is 2.93. The summed E-state index contributed by atoms with van der Waals surface area (Å²) in [6.45, 7) is 10.9. The quantitative estimate of drug-likeness (QED) is 0.810. The highest BCUT2D eigenvalue weighted by atomic mass is 35.5. The molecule has 0 unspecified atom stereocenters. The van der Waals surface area contributed by atoms with Crippen LogP contribution in [0.3, 0.4) is 0 Å². The van der Waals surface area contributed by atoms with Gasteiger partial charge < -0.3 is 9.31 Å². The number of aromatic nitrogens is 2. The first-order valence-electron chi connectivity index (χ1n) is 7.82. The van der Waals surface area contributed by atoms with Crippen LogP contribution in [0, 0.1) is 6.92 Å². The molecular weight excluding hydrogens is 310 g/mol. The van der Waals surface area contributed by atoms with Crippen molar-refractivity contribution >= 4 is 24.2 Å². The predicted octanol–water partition coefficient (Wildman–Crippen LogP) is 3.19. The minimum atomic E-state index is -0.373. The summed E-state index contributed by atoms with van der Waals surface area (Å²) in [6.07, 6.45) is 1.67. The van der Waals surface area contributed by atoms with Crippen LogP contribution in [0.2, 0.25) is 5.02 Å². The Kier molecular flexibility index (Phi) is 4.07. The number of hydrogen-bond donors (Lipinski definition) is 0. The molecule has 0 spiro atoms. The average molecular weight is 333 g/mol. The van der Waals surface area contributed by atoms with Crippen LogP contribution in [0.25, 0.3) is 0 Å². The molecule has 3 rings (SSSR count). The first-order chi connectivity index (χ1) is 10.7. The predicted molar refractivity (Wildman–Crippen MR) is 93.2 cm³/mol.